The monoisotopic (exact) mass is 467 g/mol. The molecule has 8 heteroatoms. The number of halogens is 3. The Morgan fingerprint density at radius 2 is 1.74 bits per heavy atom. The van der Waals surface area contributed by atoms with Crippen molar-refractivity contribution in [1.82, 2.24) is 10.2 Å². The van der Waals surface area contributed by atoms with Crippen LogP contribution in [0.1, 0.15) is 11.5 Å². The molecule has 0 unspecified atom stereocenters. The molecule has 2 aromatic rings. The van der Waals surface area contributed by atoms with Crippen LogP contribution in [0.5, 0.6) is 0 Å². The van der Waals surface area contributed by atoms with Gasteiger partial charge >= 0.3 is 6.03 Å². The van der Waals surface area contributed by atoms with Gasteiger partial charge in [-0.25, -0.2) is 9.69 Å². The molecule has 2 aliphatic heterocycles. The number of nitrogens with zero attached hydrogens (tertiary/aromatic N) is 2. The van der Waals surface area contributed by atoms with Crippen LogP contribution in [0, 0.1) is 0 Å². The molecule has 0 aliphatic carbocycles. The molecule has 2 heterocycles. The largest absolute Gasteiger partial charge is 0.332 e. The number of imide groups is 1. The number of carbonyl (C=O) groups excluding carboxylic acids is 2. The van der Waals surface area contributed by atoms with E-state index in [2.05, 4.69) is 21.2 Å². The second kappa shape index (κ2) is 6.78. The van der Waals surface area contributed by atoms with Crippen LogP contribution in [0.3, 0.4) is 0 Å². The van der Waals surface area contributed by atoms with Gasteiger partial charge in [0.05, 0.1) is 5.69 Å². The first-order valence-corrected chi connectivity index (χ1v) is 9.94. The van der Waals surface area contributed by atoms with Crippen molar-refractivity contribution in [3.63, 3.8) is 0 Å². The highest BCUT2D eigenvalue weighted by molar-refractivity contribution is 9.10. The lowest BCUT2D eigenvalue weighted by molar-refractivity contribution is -0.124. The van der Waals surface area contributed by atoms with Crippen LogP contribution in [-0.2, 0) is 4.79 Å². The Kier molecular flexibility index (Phi) is 4.71. The minimum Gasteiger partial charge on any atom is -0.313 e. The SMILES string of the molecule is CN1C(=O)N(c2cc(Cl)cc(Cl)c2)C(=O)[C@]12CNC[C@H]2c1ccc(Br)cc1. The van der Waals surface area contributed by atoms with Gasteiger partial charge in [-0.3, -0.25) is 4.79 Å². The molecule has 2 atom stereocenters. The molecule has 0 radical (unpaired) electrons. The fourth-order valence-electron chi connectivity index (χ4n) is 4.01. The first-order valence-electron chi connectivity index (χ1n) is 8.39. The van der Waals surface area contributed by atoms with Crippen LogP contribution < -0.4 is 10.2 Å². The van der Waals surface area contributed by atoms with Crippen LogP contribution >= 0.6 is 39.1 Å². The summed E-state index contributed by atoms with van der Waals surface area (Å²) < 4.78 is 0.962. The van der Waals surface area contributed by atoms with Gasteiger partial charge in [-0.05, 0) is 35.9 Å². The third kappa shape index (κ3) is 2.86. The number of amides is 3. The number of benzene rings is 2. The lowest BCUT2D eigenvalue weighted by Gasteiger charge is -2.33. The molecular formula is C19H16BrCl2N3O2. The number of hydrogen-bond donors (Lipinski definition) is 1. The van der Waals surface area contributed by atoms with Gasteiger partial charge in [-0.15, -0.1) is 0 Å². The highest BCUT2D eigenvalue weighted by atomic mass is 79.9. The normalized spacial score (nSPS) is 25.1. The minimum atomic E-state index is -0.986. The number of likely N-dealkylation sites (N-methyl/N-ethyl adjacent to an activating group) is 1. The van der Waals surface area contributed by atoms with E-state index in [1.807, 2.05) is 24.3 Å². The number of nitrogens with one attached hydrogen (secondary N) is 1. The molecule has 2 aliphatic rings. The van der Waals surface area contributed by atoms with Gasteiger partial charge in [-0.1, -0.05) is 51.3 Å². The number of urea groups is 1. The van der Waals surface area contributed by atoms with E-state index in [9.17, 15) is 9.59 Å². The van der Waals surface area contributed by atoms with Crippen molar-refractivity contribution < 1.29 is 9.59 Å². The summed E-state index contributed by atoms with van der Waals surface area (Å²) in [6.07, 6.45) is 0. The van der Waals surface area contributed by atoms with Crippen molar-refractivity contribution in [1.29, 1.82) is 0 Å². The Morgan fingerprint density at radius 3 is 2.37 bits per heavy atom. The van der Waals surface area contributed by atoms with Crippen LogP contribution in [0.25, 0.3) is 0 Å². The van der Waals surface area contributed by atoms with Crippen LogP contribution in [0.4, 0.5) is 10.5 Å². The maximum absolute atomic E-state index is 13.6. The lowest BCUT2D eigenvalue weighted by Crippen LogP contribution is -2.53. The second-order valence-electron chi connectivity index (χ2n) is 6.77. The number of anilines is 1. The minimum absolute atomic E-state index is 0.160. The predicted molar refractivity (Wildman–Crippen MR) is 110 cm³/mol. The van der Waals surface area contributed by atoms with E-state index >= 15 is 0 Å². The highest BCUT2D eigenvalue weighted by Gasteiger charge is 2.62. The molecule has 2 saturated heterocycles. The number of carbonyl (C=O) groups is 2. The van der Waals surface area contributed by atoms with Gasteiger partial charge in [0.15, 0.2) is 0 Å². The molecular weight excluding hydrogens is 453 g/mol. The van der Waals surface area contributed by atoms with E-state index in [0.29, 0.717) is 28.8 Å². The van der Waals surface area contributed by atoms with E-state index in [1.165, 1.54) is 9.80 Å². The number of hydrogen-bond acceptors (Lipinski definition) is 3. The molecule has 140 valence electrons. The van der Waals surface area contributed by atoms with Crippen molar-refractivity contribution in [2.75, 3.05) is 25.0 Å². The Hall–Kier alpha value is -1.60. The smallest absolute Gasteiger partial charge is 0.313 e. The van der Waals surface area contributed by atoms with Crippen LogP contribution in [0.15, 0.2) is 46.9 Å². The van der Waals surface area contributed by atoms with E-state index in [1.54, 1.807) is 25.2 Å². The fraction of sp³-hybridized carbons (Fsp3) is 0.263. The van der Waals surface area contributed by atoms with Gasteiger partial charge in [0.2, 0.25) is 0 Å². The molecule has 0 aromatic heterocycles. The highest BCUT2D eigenvalue weighted by Crippen LogP contribution is 2.44. The molecule has 1 spiro atoms. The number of rotatable bonds is 2. The van der Waals surface area contributed by atoms with E-state index in [-0.39, 0.29) is 17.9 Å². The Labute approximate surface area is 175 Å². The van der Waals surface area contributed by atoms with Crippen molar-refractivity contribution in [2.45, 2.75) is 11.5 Å². The molecule has 2 fully saturated rings. The van der Waals surface area contributed by atoms with Gasteiger partial charge in [-0.2, -0.15) is 0 Å². The predicted octanol–water partition coefficient (Wildman–Crippen LogP) is 4.28. The second-order valence-corrected chi connectivity index (χ2v) is 8.56. The standard InChI is InChI=1S/C19H16BrCl2N3O2/c1-24-18(27)25(15-7-13(21)6-14(22)8-15)17(26)19(24)10-23-9-16(19)11-2-4-12(20)5-3-11/h2-8,16,23H,9-10H2,1H3/t16-,19+/m0/s1. The molecule has 3 amide bonds. The Morgan fingerprint density at radius 1 is 1.11 bits per heavy atom. The van der Waals surface area contributed by atoms with E-state index in [4.69, 9.17) is 23.2 Å². The average molecular weight is 469 g/mol. The Bertz CT molecular complexity index is 917. The first-order chi connectivity index (χ1) is 12.8. The van der Waals surface area contributed by atoms with Gasteiger partial charge < -0.3 is 10.2 Å². The topological polar surface area (TPSA) is 52.7 Å². The summed E-state index contributed by atoms with van der Waals surface area (Å²) in [6, 6.07) is 12.2. The molecule has 2 aromatic carbocycles. The van der Waals surface area contributed by atoms with Gasteiger partial charge in [0, 0.05) is 40.6 Å². The zero-order valence-electron chi connectivity index (χ0n) is 14.4. The van der Waals surface area contributed by atoms with Crippen molar-refractivity contribution in [2.24, 2.45) is 0 Å². The fourth-order valence-corrected chi connectivity index (χ4v) is 4.78. The third-order valence-electron chi connectivity index (χ3n) is 5.35. The molecule has 27 heavy (non-hydrogen) atoms. The van der Waals surface area contributed by atoms with Crippen LogP contribution in [-0.4, -0.2) is 42.5 Å². The summed E-state index contributed by atoms with van der Waals surface area (Å²) in [5, 5.41) is 4.03. The van der Waals surface area contributed by atoms with E-state index in [0.717, 1.165) is 10.0 Å². The molecule has 1 N–H and O–H groups in total. The first kappa shape index (κ1) is 18.7. The summed E-state index contributed by atoms with van der Waals surface area (Å²) in [4.78, 5) is 29.3. The quantitative estimate of drug-likeness (QED) is 0.669. The zero-order valence-corrected chi connectivity index (χ0v) is 17.5. The molecule has 0 saturated carbocycles. The summed E-state index contributed by atoms with van der Waals surface area (Å²) in [5.41, 5.74) is 0.398. The van der Waals surface area contributed by atoms with Gasteiger partial charge in [0.1, 0.15) is 5.54 Å². The van der Waals surface area contributed by atoms with Crippen molar-refractivity contribution in [3.8, 4) is 0 Å². The molecule has 5 nitrogen and oxygen atoms in total. The zero-order chi connectivity index (χ0) is 19.3. The molecule has 4 rings (SSSR count). The molecule has 0 bridgehead atoms. The lowest BCUT2D eigenvalue weighted by atomic mass is 9.81. The summed E-state index contributed by atoms with van der Waals surface area (Å²) in [5.74, 6) is -0.432. The van der Waals surface area contributed by atoms with Crippen molar-refractivity contribution in [3.05, 3.63) is 62.5 Å². The maximum Gasteiger partial charge on any atom is 0.332 e. The van der Waals surface area contributed by atoms with Gasteiger partial charge in [0.25, 0.3) is 5.91 Å². The van der Waals surface area contributed by atoms with Crippen LogP contribution in [0.2, 0.25) is 10.0 Å². The average Bonchev–Trinajstić information content (AvgIpc) is 3.13. The third-order valence-corrected chi connectivity index (χ3v) is 6.31. The summed E-state index contributed by atoms with van der Waals surface area (Å²) in [6.45, 7) is 0.995. The maximum atomic E-state index is 13.6. The van der Waals surface area contributed by atoms with E-state index < -0.39 is 5.54 Å². The summed E-state index contributed by atoms with van der Waals surface area (Å²) in [7, 11) is 1.67. The Balaban J connectivity index is 1.80. The van der Waals surface area contributed by atoms with Crippen molar-refractivity contribution >= 4 is 56.8 Å². The summed E-state index contributed by atoms with van der Waals surface area (Å²) >= 11 is 15.6.